The maximum absolute atomic E-state index is 11.8. The zero-order chi connectivity index (χ0) is 12.7. The van der Waals surface area contributed by atoms with Crippen LogP contribution in [-0.4, -0.2) is 34.7 Å². The summed E-state index contributed by atoms with van der Waals surface area (Å²) in [6.45, 7) is 7.32. The van der Waals surface area contributed by atoms with Crippen LogP contribution >= 0.6 is 0 Å². The smallest absolute Gasteiger partial charge is 0.328 e. The molecule has 0 aliphatic heterocycles. The fourth-order valence-electron chi connectivity index (χ4n) is 2.29. The summed E-state index contributed by atoms with van der Waals surface area (Å²) in [6.07, 6.45) is 0. The molecule has 0 aromatic rings. The van der Waals surface area contributed by atoms with Gasteiger partial charge in [0.25, 0.3) is 0 Å². The van der Waals surface area contributed by atoms with Crippen molar-refractivity contribution in [1.82, 2.24) is 5.32 Å². The van der Waals surface area contributed by atoms with Crippen LogP contribution in [0.15, 0.2) is 0 Å². The second kappa shape index (κ2) is 3.73. The summed E-state index contributed by atoms with van der Waals surface area (Å²) in [5.74, 6) is -1.71. The van der Waals surface area contributed by atoms with Crippen LogP contribution < -0.4 is 5.32 Å². The number of carbonyl (C=O) groups is 2. The summed E-state index contributed by atoms with van der Waals surface area (Å²) in [4.78, 5) is 22.5. The fraction of sp³-hybridized carbons (Fsp3) is 0.818. The van der Waals surface area contributed by atoms with Gasteiger partial charge in [-0.2, -0.15) is 0 Å². The SMILES string of the molecule is CC1(C)C(C(=O)NC(CO)C(=O)O)C1(C)C. The Hall–Kier alpha value is -1.10. The Balaban J connectivity index is 2.66. The number of nitrogens with one attached hydrogen (secondary N) is 1. The summed E-state index contributed by atoms with van der Waals surface area (Å²) >= 11 is 0. The number of amides is 1. The van der Waals surface area contributed by atoms with Gasteiger partial charge in [-0.05, 0) is 10.8 Å². The topological polar surface area (TPSA) is 86.6 Å². The fourth-order valence-corrected chi connectivity index (χ4v) is 2.29. The summed E-state index contributed by atoms with van der Waals surface area (Å²) in [6, 6.07) is -1.21. The zero-order valence-corrected chi connectivity index (χ0v) is 10.1. The molecule has 1 saturated carbocycles. The van der Waals surface area contributed by atoms with Gasteiger partial charge in [0.15, 0.2) is 0 Å². The van der Waals surface area contributed by atoms with E-state index >= 15 is 0 Å². The molecular formula is C11H19NO4. The molecule has 0 aromatic carbocycles. The van der Waals surface area contributed by atoms with Crippen LogP contribution in [0.25, 0.3) is 0 Å². The molecular weight excluding hydrogens is 210 g/mol. The van der Waals surface area contributed by atoms with Gasteiger partial charge in [-0.15, -0.1) is 0 Å². The monoisotopic (exact) mass is 229 g/mol. The standard InChI is InChI=1S/C11H19NO4/c1-10(2)7(11(10,3)4)8(14)12-6(5-13)9(15)16/h6-7,13H,5H2,1-4H3,(H,12,14)(H,15,16). The van der Waals surface area contributed by atoms with E-state index in [1.165, 1.54) is 0 Å². The molecule has 1 fully saturated rings. The van der Waals surface area contributed by atoms with Crippen molar-refractivity contribution in [3.8, 4) is 0 Å². The van der Waals surface area contributed by atoms with E-state index in [1.54, 1.807) is 0 Å². The third-order valence-electron chi connectivity index (χ3n) is 4.08. The molecule has 1 amide bonds. The zero-order valence-electron chi connectivity index (χ0n) is 10.1. The van der Waals surface area contributed by atoms with Crippen LogP contribution in [0.3, 0.4) is 0 Å². The number of aliphatic hydroxyl groups excluding tert-OH is 1. The van der Waals surface area contributed by atoms with Gasteiger partial charge in [-0.1, -0.05) is 27.7 Å². The summed E-state index contributed by atoms with van der Waals surface area (Å²) in [5, 5.41) is 19.9. The number of aliphatic carboxylic acids is 1. The maximum atomic E-state index is 11.8. The van der Waals surface area contributed by atoms with Crippen molar-refractivity contribution < 1.29 is 19.8 Å². The summed E-state index contributed by atoms with van der Waals surface area (Å²) in [7, 11) is 0. The van der Waals surface area contributed by atoms with Gasteiger partial charge in [0.05, 0.1) is 6.61 Å². The van der Waals surface area contributed by atoms with Gasteiger partial charge in [0.1, 0.15) is 6.04 Å². The lowest BCUT2D eigenvalue weighted by atomic mass is 10.0. The number of carboxylic acids is 1. The molecule has 0 aromatic heterocycles. The average Bonchev–Trinajstić information content (AvgIpc) is 2.52. The molecule has 0 bridgehead atoms. The highest BCUT2D eigenvalue weighted by Gasteiger charge is 2.68. The molecule has 1 rings (SSSR count). The lowest BCUT2D eigenvalue weighted by Crippen LogP contribution is -2.44. The second-order valence-corrected chi connectivity index (χ2v) is 5.46. The van der Waals surface area contributed by atoms with Crippen LogP contribution in [0.5, 0.6) is 0 Å². The Bertz CT molecular complexity index is 308. The van der Waals surface area contributed by atoms with E-state index in [2.05, 4.69) is 5.32 Å². The van der Waals surface area contributed by atoms with Crippen molar-refractivity contribution in [3.05, 3.63) is 0 Å². The van der Waals surface area contributed by atoms with E-state index in [0.717, 1.165) is 0 Å². The Morgan fingerprint density at radius 3 is 1.94 bits per heavy atom. The number of hydrogen-bond donors (Lipinski definition) is 3. The molecule has 1 aliphatic rings. The van der Waals surface area contributed by atoms with Crippen LogP contribution in [0.1, 0.15) is 27.7 Å². The largest absolute Gasteiger partial charge is 0.480 e. The molecule has 0 radical (unpaired) electrons. The molecule has 3 N–H and O–H groups in total. The molecule has 5 nitrogen and oxygen atoms in total. The Kier molecular flexibility index (Phi) is 3.02. The molecule has 0 heterocycles. The minimum Gasteiger partial charge on any atom is -0.480 e. The van der Waals surface area contributed by atoms with Crippen molar-refractivity contribution in [2.75, 3.05) is 6.61 Å². The summed E-state index contributed by atoms with van der Waals surface area (Å²) in [5.41, 5.74) is -0.259. The number of carboxylic acid groups (broad SMARTS) is 1. The van der Waals surface area contributed by atoms with Crippen LogP contribution in [0, 0.1) is 16.7 Å². The number of rotatable bonds is 4. The van der Waals surface area contributed by atoms with E-state index in [-0.39, 0.29) is 22.7 Å². The first-order valence-corrected chi connectivity index (χ1v) is 5.30. The number of aliphatic hydroxyl groups is 1. The van der Waals surface area contributed by atoms with Crippen LogP contribution in [0.2, 0.25) is 0 Å². The van der Waals surface area contributed by atoms with E-state index in [9.17, 15) is 9.59 Å². The molecule has 0 spiro atoms. The third-order valence-corrected chi connectivity index (χ3v) is 4.08. The molecule has 1 atom stereocenters. The van der Waals surface area contributed by atoms with Crippen molar-refractivity contribution in [2.45, 2.75) is 33.7 Å². The molecule has 5 heteroatoms. The van der Waals surface area contributed by atoms with Gasteiger partial charge in [0, 0.05) is 5.92 Å². The van der Waals surface area contributed by atoms with E-state index < -0.39 is 18.6 Å². The highest BCUT2D eigenvalue weighted by atomic mass is 16.4. The maximum Gasteiger partial charge on any atom is 0.328 e. The van der Waals surface area contributed by atoms with Crippen LogP contribution in [-0.2, 0) is 9.59 Å². The lowest BCUT2D eigenvalue weighted by molar-refractivity contribution is -0.143. The minimum absolute atomic E-state index is 0.129. The third kappa shape index (κ3) is 1.80. The minimum atomic E-state index is -1.22. The predicted octanol–water partition coefficient (Wildman–Crippen LogP) is 0.230. The van der Waals surface area contributed by atoms with Gasteiger partial charge < -0.3 is 15.5 Å². The van der Waals surface area contributed by atoms with Crippen LogP contribution in [0.4, 0.5) is 0 Å². The predicted molar refractivity (Wildman–Crippen MR) is 57.7 cm³/mol. The van der Waals surface area contributed by atoms with Crippen molar-refractivity contribution in [1.29, 1.82) is 0 Å². The van der Waals surface area contributed by atoms with Gasteiger partial charge >= 0.3 is 5.97 Å². The molecule has 92 valence electrons. The summed E-state index contributed by atoms with van der Waals surface area (Å²) < 4.78 is 0. The first-order valence-electron chi connectivity index (χ1n) is 5.30. The van der Waals surface area contributed by atoms with Gasteiger partial charge in [-0.3, -0.25) is 4.79 Å². The van der Waals surface area contributed by atoms with E-state index in [0.29, 0.717) is 0 Å². The van der Waals surface area contributed by atoms with Gasteiger partial charge in [-0.25, -0.2) is 4.79 Å². The lowest BCUT2D eigenvalue weighted by Gasteiger charge is -2.12. The quantitative estimate of drug-likeness (QED) is 0.644. The second-order valence-electron chi connectivity index (χ2n) is 5.46. The first kappa shape index (κ1) is 13.0. The first-order chi connectivity index (χ1) is 7.16. The van der Waals surface area contributed by atoms with Crippen molar-refractivity contribution >= 4 is 11.9 Å². The van der Waals surface area contributed by atoms with Gasteiger partial charge in [0.2, 0.25) is 5.91 Å². The molecule has 1 aliphatic carbocycles. The Labute approximate surface area is 94.8 Å². The average molecular weight is 229 g/mol. The van der Waals surface area contributed by atoms with Crippen molar-refractivity contribution in [3.63, 3.8) is 0 Å². The Morgan fingerprint density at radius 1 is 1.25 bits per heavy atom. The molecule has 16 heavy (non-hydrogen) atoms. The highest BCUT2D eigenvalue weighted by molar-refractivity contribution is 5.88. The number of hydrogen-bond acceptors (Lipinski definition) is 3. The molecule has 0 saturated heterocycles. The van der Waals surface area contributed by atoms with E-state index in [1.807, 2.05) is 27.7 Å². The number of carbonyl (C=O) groups excluding carboxylic acids is 1. The highest BCUT2D eigenvalue weighted by Crippen LogP contribution is 2.68. The van der Waals surface area contributed by atoms with E-state index in [4.69, 9.17) is 10.2 Å². The Morgan fingerprint density at radius 2 is 1.69 bits per heavy atom. The normalized spacial score (nSPS) is 23.6. The van der Waals surface area contributed by atoms with Crippen molar-refractivity contribution in [2.24, 2.45) is 16.7 Å². The molecule has 1 unspecified atom stereocenters.